The van der Waals surface area contributed by atoms with Crippen molar-refractivity contribution in [3.63, 3.8) is 0 Å². The number of hydrogen-bond acceptors (Lipinski definition) is 4. The molecule has 0 aliphatic carbocycles. The SMILES string of the molecule is COc1ccccc1-c1ccc2cnc(C(N)=O)nn12.Cl. The number of methoxy groups -OCH3 is 1. The van der Waals surface area contributed by atoms with Crippen LogP contribution in [0.2, 0.25) is 0 Å². The molecule has 0 fully saturated rings. The Kier molecular flexibility index (Phi) is 4.09. The number of carbonyl (C=O) groups is 1. The van der Waals surface area contributed by atoms with Gasteiger partial charge in [-0.25, -0.2) is 9.50 Å². The average molecular weight is 305 g/mol. The van der Waals surface area contributed by atoms with Gasteiger partial charge in [0, 0.05) is 5.56 Å². The maximum absolute atomic E-state index is 11.2. The monoisotopic (exact) mass is 304 g/mol. The Balaban J connectivity index is 0.00000161. The highest BCUT2D eigenvalue weighted by Crippen LogP contribution is 2.30. The summed E-state index contributed by atoms with van der Waals surface area (Å²) in [6, 6.07) is 11.4. The van der Waals surface area contributed by atoms with Crippen molar-refractivity contribution in [3.8, 4) is 17.0 Å². The standard InChI is InChI=1S/C14H12N4O2.ClH/c1-20-12-5-3-2-4-10(12)11-7-6-9-8-16-14(13(15)19)17-18(9)11;/h2-8H,1H3,(H2,15,19);1H. The summed E-state index contributed by atoms with van der Waals surface area (Å²) in [7, 11) is 1.61. The fraction of sp³-hybridized carbons (Fsp3) is 0.0714. The van der Waals surface area contributed by atoms with Gasteiger partial charge < -0.3 is 10.5 Å². The molecule has 2 heterocycles. The molecule has 7 heteroatoms. The minimum atomic E-state index is -0.661. The number of fused-ring (bicyclic) bond motifs is 1. The number of benzene rings is 1. The minimum Gasteiger partial charge on any atom is -0.496 e. The number of primary amides is 1. The lowest BCUT2D eigenvalue weighted by atomic mass is 10.1. The summed E-state index contributed by atoms with van der Waals surface area (Å²) >= 11 is 0. The molecule has 0 aliphatic rings. The van der Waals surface area contributed by atoms with Crippen LogP contribution in [-0.2, 0) is 0 Å². The van der Waals surface area contributed by atoms with Crippen molar-refractivity contribution in [2.45, 2.75) is 0 Å². The van der Waals surface area contributed by atoms with E-state index >= 15 is 0 Å². The van der Waals surface area contributed by atoms with Crippen molar-refractivity contribution in [2.75, 3.05) is 7.11 Å². The number of para-hydroxylation sites is 1. The molecule has 3 rings (SSSR count). The van der Waals surface area contributed by atoms with Crippen LogP contribution in [0.3, 0.4) is 0 Å². The molecule has 0 saturated heterocycles. The van der Waals surface area contributed by atoms with E-state index < -0.39 is 5.91 Å². The summed E-state index contributed by atoms with van der Waals surface area (Å²) in [5.74, 6) is 0.0446. The lowest BCUT2D eigenvalue weighted by Crippen LogP contribution is -2.17. The van der Waals surface area contributed by atoms with Gasteiger partial charge in [0.25, 0.3) is 5.91 Å². The maximum atomic E-state index is 11.2. The highest BCUT2D eigenvalue weighted by atomic mass is 35.5. The number of ether oxygens (including phenoxy) is 1. The quantitative estimate of drug-likeness (QED) is 0.801. The van der Waals surface area contributed by atoms with E-state index in [9.17, 15) is 4.79 Å². The fourth-order valence-corrected chi connectivity index (χ4v) is 2.07. The number of nitrogens with two attached hydrogens (primary N) is 1. The molecule has 0 atom stereocenters. The third kappa shape index (κ3) is 2.53. The van der Waals surface area contributed by atoms with E-state index in [0.29, 0.717) is 0 Å². The number of carbonyl (C=O) groups excluding carboxylic acids is 1. The second-order valence-corrected chi connectivity index (χ2v) is 4.20. The van der Waals surface area contributed by atoms with Crippen molar-refractivity contribution in [2.24, 2.45) is 5.73 Å². The van der Waals surface area contributed by atoms with Gasteiger partial charge in [-0.15, -0.1) is 17.5 Å². The van der Waals surface area contributed by atoms with Crippen LogP contribution in [0.1, 0.15) is 10.6 Å². The van der Waals surface area contributed by atoms with E-state index in [-0.39, 0.29) is 18.2 Å². The number of amides is 1. The number of rotatable bonds is 3. The smallest absolute Gasteiger partial charge is 0.288 e. The topological polar surface area (TPSA) is 82.5 Å². The Hall–Kier alpha value is -2.60. The van der Waals surface area contributed by atoms with Crippen LogP contribution < -0.4 is 10.5 Å². The zero-order chi connectivity index (χ0) is 14.1. The summed E-state index contributed by atoms with van der Waals surface area (Å²) in [5, 5.41) is 4.16. The average Bonchev–Trinajstić information content (AvgIpc) is 2.89. The highest BCUT2D eigenvalue weighted by Gasteiger charge is 2.12. The highest BCUT2D eigenvalue weighted by molar-refractivity contribution is 5.88. The van der Waals surface area contributed by atoms with Gasteiger partial charge in [-0.05, 0) is 24.3 Å². The van der Waals surface area contributed by atoms with E-state index in [2.05, 4.69) is 10.1 Å². The second-order valence-electron chi connectivity index (χ2n) is 4.20. The molecule has 21 heavy (non-hydrogen) atoms. The van der Waals surface area contributed by atoms with Crippen LogP contribution in [0.4, 0.5) is 0 Å². The Labute approximate surface area is 127 Å². The fourth-order valence-electron chi connectivity index (χ4n) is 2.07. The molecule has 0 bridgehead atoms. The molecule has 108 valence electrons. The number of halogens is 1. The second kappa shape index (κ2) is 5.80. The molecule has 0 saturated carbocycles. The molecule has 2 N–H and O–H groups in total. The number of nitrogens with zero attached hydrogens (tertiary/aromatic N) is 3. The van der Waals surface area contributed by atoms with E-state index in [1.165, 1.54) is 0 Å². The molecule has 0 spiro atoms. The van der Waals surface area contributed by atoms with Crippen LogP contribution in [0.25, 0.3) is 16.8 Å². The van der Waals surface area contributed by atoms with Crippen molar-refractivity contribution in [3.05, 3.63) is 48.4 Å². The van der Waals surface area contributed by atoms with E-state index in [0.717, 1.165) is 22.5 Å². The molecule has 0 radical (unpaired) electrons. The Morgan fingerprint density at radius 1 is 1.24 bits per heavy atom. The van der Waals surface area contributed by atoms with Crippen molar-refractivity contribution >= 4 is 23.8 Å². The normalized spacial score (nSPS) is 10.1. The predicted octanol–water partition coefficient (Wildman–Crippen LogP) is 1.93. The first kappa shape index (κ1) is 14.8. The van der Waals surface area contributed by atoms with Gasteiger partial charge in [0.15, 0.2) is 0 Å². The Morgan fingerprint density at radius 3 is 2.71 bits per heavy atom. The summed E-state index contributed by atoms with van der Waals surface area (Å²) in [6.07, 6.45) is 1.56. The number of aromatic nitrogens is 3. The zero-order valence-electron chi connectivity index (χ0n) is 11.2. The van der Waals surface area contributed by atoms with Gasteiger partial charge in [-0.2, -0.15) is 0 Å². The predicted molar refractivity (Wildman–Crippen MR) is 80.7 cm³/mol. The van der Waals surface area contributed by atoms with Crippen molar-refractivity contribution < 1.29 is 9.53 Å². The molecule has 3 aromatic rings. The summed E-state index contributed by atoms with van der Waals surface area (Å²) in [4.78, 5) is 15.1. The van der Waals surface area contributed by atoms with Gasteiger partial charge in [-0.3, -0.25) is 4.79 Å². The zero-order valence-corrected chi connectivity index (χ0v) is 12.0. The first-order valence-electron chi connectivity index (χ1n) is 5.98. The van der Waals surface area contributed by atoms with E-state index in [4.69, 9.17) is 10.5 Å². The van der Waals surface area contributed by atoms with E-state index in [1.807, 2.05) is 36.4 Å². The summed E-state index contributed by atoms with van der Waals surface area (Å²) in [5.41, 5.74) is 7.68. The molecule has 2 aromatic heterocycles. The lowest BCUT2D eigenvalue weighted by molar-refractivity contribution is 0.0989. The van der Waals surface area contributed by atoms with Gasteiger partial charge in [0.05, 0.1) is 24.5 Å². The molecule has 0 unspecified atom stereocenters. The first-order chi connectivity index (χ1) is 9.70. The molecule has 0 aliphatic heterocycles. The van der Waals surface area contributed by atoms with Crippen molar-refractivity contribution in [1.82, 2.24) is 14.6 Å². The van der Waals surface area contributed by atoms with Crippen LogP contribution in [0.5, 0.6) is 5.75 Å². The minimum absolute atomic E-state index is 0. The maximum Gasteiger partial charge on any atom is 0.288 e. The van der Waals surface area contributed by atoms with Gasteiger partial charge in [0.2, 0.25) is 5.82 Å². The molecular formula is C14H13ClN4O2. The van der Waals surface area contributed by atoms with Crippen LogP contribution in [-0.4, -0.2) is 27.6 Å². The molecule has 1 aromatic carbocycles. The molecular weight excluding hydrogens is 292 g/mol. The third-order valence-electron chi connectivity index (χ3n) is 3.00. The lowest BCUT2D eigenvalue weighted by Gasteiger charge is -2.08. The van der Waals surface area contributed by atoms with E-state index in [1.54, 1.807) is 17.8 Å². The molecule has 6 nitrogen and oxygen atoms in total. The van der Waals surface area contributed by atoms with Crippen LogP contribution in [0.15, 0.2) is 42.6 Å². The van der Waals surface area contributed by atoms with Gasteiger partial charge in [0.1, 0.15) is 5.75 Å². The molecule has 1 amide bonds. The van der Waals surface area contributed by atoms with Gasteiger partial charge in [-0.1, -0.05) is 12.1 Å². The third-order valence-corrected chi connectivity index (χ3v) is 3.00. The van der Waals surface area contributed by atoms with Gasteiger partial charge >= 0.3 is 0 Å². The Bertz CT molecular complexity index is 801. The summed E-state index contributed by atoms with van der Waals surface area (Å²) in [6.45, 7) is 0. The largest absolute Gasteiger partial charge is 0.496 e. The van der Waals surface area contributed by atoms with Crippen LogP contribution in [0, 0.1) is 0 Å². The number of hydrogen-bond donors (Lipinski definition) is 1. The summed E-state index contributed by atoms with van der Waals surface area (Å²) < 4.78 is 6.98. The Morgan fingerprint density at radius 2 is 2.00 bits per heavy atom. The van der Waals surface area contributed by atoms with Crippen molar-refractivity contribution in [1.29, 1.82) is 0 Å². The first-order valence-corrected chi connectivity index (χ1v) is 5.98. The van der Waals surface area contributed by atoms with Crippen LogP contribution >= 0.6 is 12.4 Å².